The first kappa shape index (κ1) is 17.2. The van der Waals surface area contributed by atoms with E-state index in [-0.39, 0.29) is 0 Å². The van der Waals surface area contributed by atoms with Crippen molar-refractivity contribution < 1.29 is 9.84 Å². The second kappa shape index (κ2) is 7.53. The number of nitrogens with one attached hydrogen (secondary N) is 1. The molecule has 24 heavy (non-hydrogen) atoms. The number of aliphatic imine (C=N–C) groups is 1. The van der Waals surface area contributed by atoms with E-state index in [4.69, 9.17) is 9.73 Å². The number of benzene rings is 1. The summed E-state index contributed by atoms with van der Waals surface area (Å²) < 4.78 is 5.47. The number of rotatable bonds is 5. The van der Waals surface area contributed by atoms with Gasteiger partial charge in [-0.1, -0.05) is 24.3 Å². The summed E-state index contributed by atoms with van der Waals surface area (Å²) in [5.74, 6) is 1.43. The molecular formula is C19H29N3O2. The van der Waals surface area contributed by atoms with Crippen molar-refractivity contribution in [2.24, 2.45) is 10.9 Å². The van der Waals surface area contributed by atoms with Crippen LogP contribution >= 0.6 is 0 Å². The van der Waals surface area contributed by atoms with E-state index in [1.807, 2.05) is 18.2 Å². The Kier molecular flexibility index (Phi) is 5.41. The van der Waals surface area contributed by atoms with Crippen LogP contribution in [0.2, 0.25) is 0 Å². The molecule has 2 atom stereocenters. The zero-order valence-electron chi connectivity index (χ0n) is 14.8. The smallest absolute Gasteiger partial charge is 0.193 e. The van der Waals surface area contributed by atoms with E-state index in [1.54, 1.807) is 0 Å². The fourth-order valence-electron chi connectivity index (χ4n) is 3.71. The number of guanidine groups is 1. The highest BCUT2D eigenvalue weighted by atomic mass is 16.5. The minimum Gasteiger partial charge on any atom is -0.383 e. The van der Waals surface area contributed by atoms with E-state index in [9.17, 15) is 5.11 Å². The third-order valence-corrected chi connectivity index (χ3v) is 5.07. The van der Waals surface area contributed by atoms with Crippen LogP contribution in [0.4, 0.5) is 0 Å². The Labute approximate surface area is 144 Å². The van der Waals surface area contributed by atoms with Crippen LogP contribution in [0.1, 0.15) is 30.9 Å². The number of nitrogens with zero attached hydrogens (tertiary/aromatic N) is 2. The Morgan fingerprint density at radius 1 is 1.46 bits per heavy atom. The lowest BCUT2D eigenvalue weighted by atomic mass is 9.96. The van der Waals surface area contributed by atoms with E-state index >= 15 is 0 Å². The Morgan fingerprint density at radius 2 is 2.29 bits per heavy atom. The van der Waals surface area contributed by atoms with Gasteiger partial charge in [0.15, 0.2) is 5.96 Å². The molecule has 0 aromatic heterocycles. The Bertz CT molecular complexity index is 584. The van der Waals surface area contributed by atoms with E-state index in [2.05, 4.69) is 30.3 Å². The highest BCUT2D eigenvalue weighted by Gasteiger charge is 2.36. The summed E-state index contributed by atoms with van der Waals surface area (Å²) in [5, 5.41) is 14.4. The predicted molar refractivity (Wildman–Crippen MR) is 96.2 cm³/mol. The van der Waals surface area contributed by atoms with Gasteiger partial charge >= 0.3 is 0 Å². The molecule has 5 nitrogen and oxygen atoms in total. The normalized spacial score (nSPS) is 26.5. The molecule has 0 bridgehead atoms. The number of aliphatic hydroxyl groups is 1. The first-order chi connectivity index (χ1) is 11.6. The van der Waals surface area contributed by atoms with Crippen LogP contribution in [0.3, 0.4) is 0 Å². The molecule has 3 rings (SSSR count). The van der Waals surface area contributed by atoms with Crippen LogP contribution in [0.25, 0.3) is 0 Å². The molecule has 0 amide bonds. The van der Waals surface area contributed by atoms with Crippen molar-refractivity contribution in [1.29, 1.82) is 0 Å². The van der Waals surface area contributed by atoms with Crippen molar-refractivity contribution >= 4 is 5.96 Å². The molecule has 0 spiro atoms. The summed E-state index contributed by atoms with van der Waals surface area (Å²) in [6, 6.07) is 8.17. The van der Waals surface area contributed by atoms with Gasteiger partial charge in [-0.25, -0.2) is 4.99 Å². The van der Waals surface area contributed by atoms with Crippen LogP contribution in [0.15, 0.2) is 29.3 Å². The van der Waals surface area contributed by atoms with Crippen molar-refractivity contribution in [2.45, 2.75) is 31.8 Å². The molecule has 1 saturated heterocycles. The largest absolute Gasteiger partial charge is 0.383 e. The summed E-state index contributed by atoms with van der Waals surface area (Å²) in [6.45, 7) is 5.92. The minimum atomic E-state index is -0.839. The number of aryl methyl sites for hydroxylation is 1. The van der Waals surface area contributed by atoms with Crippen molar-refractivity contribution in [2.75, 3.05) is 39.9 Å². The molecule has 1 aliphatic heterocycles. The van der Waals surface area contributed by atoms with Crippen LogP contribution in [-0.4, -0.2) is 55.9 Å². The first-order valence-electron chi connectivity index (χ1n) is 9.00. The summed E-state index contributed by atoms with van der Waals surface area (Å²) in [7, 11) is 2.06. The number of fused-ring (bicyclic) bond motifs is 1. The second-order valence-electron chi connectivity index (χ2n) is 6.97. The van der Waals surface area contributed by atoms with Gasteiger partial charge in [0, 0.05) is 32.7 Å². The van der Waals surface area contributed by atoms with Crippen molar-refractivity contribution in [3.05, 3.63) is 35.4 Å². The molecule has 1 aromatic rings. The standard InChI is InChI=1S/C19H29N3O2/c1-3-20-18(22(2)12-15-9-11-24-13-15)21-14-19(23)10-8-16-6-4-5-7-17(16)19/h4-7,15,23H,3,8-14H2,1-2H3,(H,20,21). The summed E-state index contributed by atoms with van der Waals surface area (Å²) in [5.41, 5.74) is 1.45. The van der Waals surface area contributed by atoms with Gasteiger partial charge in [-0.3, -0.25) is 0 Å². The monoisotopic (exact) mass is 331 g/mol. The maximum absolute atomic E-state index is 11.1. The molecule has 2 N–H and O–H groups in total. The molecule has 2 aliphatic rings. The van der Waals surface area contributed by atoms with Crippen LogP contribution < -0.4 is 5.32 Å². The van der Waals surface area contributed by atoms with Crippen molar-refractivity contribution in [3.63, 3.8) is 0 Å². The van der Waals surface area contributed by atoms with Crippen LogP contribution in [0.5, 0.6) is 0 Å². The second-order valence-corrected chi connectivity index (χ2v) is 6.97. The van der Waals surface area contributed by atoms with E-state index in [0.29, 0.717) is 12.5 Å². The number of hydrogen-bond acceptors (Lipinski definition) is 3. The molecule has 1 heterocycles. The van der Waals surface area contributed by atoms with Gasteiger partial charge in [0.1, 0.15) is 5.60 Å². The van der Waals surface area contributed by atoms with Crippen LogP contribution in [-0.2, 0) is 16.8 Å². The molecule has 0 radical (unpaired) electrons. The fraction of sp³-hybridized carbons (Fsp3) is 0.632. The van der Waals surface area contributed by atoms with E-state index < -0.39 is 5.60 Å². The van der Waals surface area contributed by atoms with Gasteiger partial charge in [0.25, 0.3) is 0 Å². The summed E-state index contributed by atoms with van der Waals surface area (Å²) in [6.07, 6.45) is 2.78. The Balaban J connectivity index is 1.69. The summed E-state index contributed by atoms with van der Waals surface area (Å²) >= 11 is 0. The topological polar surface area (TPSA) is 57.1 Å². The van der Waals surface area contributed by atoms with Gasteiger partial charge < -0.3 is 20.1 Å². The number of ether oxygens (including phenoxy) is 1. The average molecular weight is 331 g/mol. The first-order valence-corrected chi connectivity index (χ1v) is 9.00. The highest BCUT2D eigenvalue weighted by Crippen LogP contribution is 2.36. The van der Waals surface area contributed by atoms with Crippen molar-refractivity contribution in [3.8, 4) is 0 Å². The van der Waals surface area contributed by atoms with Gasteiger partial charge in [0.2, 0.25) is 0 Å². The molecule has 1 fully saturated rings. The molecule has 0 saturated carbocycles. The van der Waals surface area contributed by atoms with E-state index in [0.717, 1.165) is 57.1 Å². The maximum Gasteiger partial charge on any atom is 0.193 e. The zero-order chi connectivity index (χ0) is 17.0. The van der Waals surface area contributed by atoms with E-state index in [1.165, 1.54) is 5.56 Å². The SMILES string of the molecule is CCNC(=NCC1(O)CCc2ccccc21)N(C)CC1CCOC1. The third kappa shape index (κ3) is 3.73. The number of hydrogen-bond donors (Lipinski definition) is 2. The minimum absolute atomic E-state index is 0.401. The third-order valence-electron chi connectivity index (χ3n) is 5.07. The van der Waals surface area contributed by atoms with Crippen LogP contribution in [0, 0.1) is 5.92 Å². The lowest BCUT2D eigenvalue weighted by Crippen LogP contribution is -2.42. The molecule has 1 aliphatic carbocycles. The van der Waals surface area contributed by atoms with Crippen molar-refractivity contribution in [1.82, 2.24) is 10.2 Å². The molecule has 1 aromatic carbocycles. The average Bonchev–Trinajstić information content (AvgIpc) is 3.21. The Hall–Kier alpha value is -1.59. The molecule has 5 heteroatoms. The zero-order valence-corrected chi connectivity index (χ0v) is 14.8. The van der Waals surface area contributed by atoms with Gasteiger partial charge in [-0.15, -0.1) is 0 Å². The lowest BCUT2D eigenvalue weighted by molar-refractivity contribution is 0.0483. The molecular weight excluding hydrogens is 302 g/mol. The van der Waals surface area contributed by atoms with Gasteiger partial charge in [0.05, 0.1) is 13.2 Å². The quantitative estimate of drug-likeness (QED) is 0.638. The predicted octanol–water partition coefficient (Wildman–Crippen LogP) is 1.75. The molecule has 132 valence electrons. The fourth-order valence-corrected chi connectivity index (χ4v) is 3.71. The summed E-state index contributed by atoms with van der Waals surface area (Å²) in [4.78, 5) is 6.91. The highest BCUT2D eigenvalue weighted by molar-refractivity contribution is 5.79. The van der Waals surface area contributed by atoms with Gasteiger partial charge in [-0.2, -0.15) is 0 Å². The maximum atomic E-state index is 11.1. The van der Waals surface area contributed by atoms with Gasteiger partial charge in [-0.05, 0) is 37.3 Å². The lowest BCUT2D eigenvalue weighted by Gasteiger charge is -2.27. The molecule has 2 unspecified atom stereocenters. The Morgan fingerprint density at radius 3 is 3.04 bits per heavy atom.